The number of aryl methyl sites for hydroxylation is 1. The van der Waals surface area contributed by atoms with E-state index in [0.29, 0.717) is 25.9 Å². The van der Waals surface area contributed by atoms with Crippen LogP contribution < -0.4 is 15.4 Å². The van der Waals surface area contributed by atoms with Crippen molar-refractivity contribution < 1.29 is 18.9 Å². The molecular formula is C23H37N3O4. The number of nitrogens with one attached hydrogen (secondary N) is 2. The van der Waals surface area contributed by atoms with Gasteiger partial charge in [-0.05, 0) is 44.7 Å². The lowest BCUT2D eigenvalue weighted by atomic mass is 10.1. The summed E-state index contributed by atoms with van der Waals surface area (Å²) in [6.07, 6.45) is 4.57. The molecule has 2 unspecified atom stereocenters. The lowest BCUT2D eigenvalue weighted by Gasteiger charge is -2.16. The summed E-state index contributed by atoms with van der Waals surface area (Å²) in [5.74, 6) is 1.72. The van der Waals surface area contributed by atoms with Crippen molar-refractivity contribution in [3.8, 4) is 5.75 Å². The van der Waals surface area contributed by atoms with Gasteiger partial charge < -0.3 is 29.6 Å². The van der Waals surface area contributed by atoms with Crippen LogP contribution in [0.5, 0.6) is 5.75 Å². The van der Waals surface area contributed by atoms with E-state index in [4.69, 9.17) is 23.9 Å². The molecule has 7 nitrogen and oxygen atoms in total. The third-order valence-corrected chi connectivity index (χ3v) is 5.24. The quantitative estimate of drug-likeness (QED) is 0.326. The minimum absolute atomic E-state index is 0.135. The fourth-order valence-corrected chi connectivity index (χ4v) is 3.57. The second-order valence-electron chi connectivity index (χ2n) is 7.90. The van der Waals surface area contributed by atoms with Crippen molar-refractivity contribution in [1.82, 2.24) is 10.6 Å². The molecule has 2 fully saturated rings. The van der Waals surface area contributed by atoms with Crippen molar-refractivity contribution >= 4 is 5.96 Å². The number of rotatable bonds is 11. The topological polar surface area (TPSA) is 73.3 Å². The number of nitrogens with zero attached hydrogens (tertiary/aromatic N) is 1. The fraction of sp³-hybridized carbons (Fsp3) is 0.696. The van der Waals surface area contributed by atoms with Gasteiger partial charge in [0, 0.05) is 38.3 Å². The highest BCUT2D eigenvalue weighted by Gasteiger charge is 2.19. The monoisotopic (exact) mass is 419 g/mol. The zero-order valence-corrected chi connectivity index (χ0v) is 18.5. The van der Waals surface area contributed by atoms with E-state index in [9.17, 15) is 0 Å². The summed E-state index contributed by atoms with van der Waals surface area (Å²) in [4.78, 5) is 4.75. The Labute approximate surface area is 180 Å². The summed E-state index contributed by atoms with van der Waals surface area (Å²) in [6.45, 7) is 10.1. The minimum atomic E-state index is 0.135. The van der Waals surface area contributed by atoms with Crippen LogP contribution in [0.1, 0.15) is 43.7 Å². The van der Waals surface area contributed by atoms with E-state index in [1.54, 1.807) is 0 Å². The standard InChI is InChI=1S/C23H37N3O4/c1-3-24-23(25-10-5-11-27-16-20-6-4-12-29-20)26-15-19-8-7-18(2)14-22(19)30-21-9-13-28-17-21/h7-8,14,20-21H,3-6,9-13,15-17H2,1-2H3,(H2,24,25,26). The summed E-state index contributed by atoms with van der Waals surface area (Å²) < 4.78 is 22.9. The van der Waals surface area contributed by atoms with Crippen LogP contribution in [0.2, 0.25) is 0 Å². The molecule has 0 aromatic heterocycles. The van der Waals surface area contributed by atoms with Gasteiger partial charge in [-0.2, -0.15) is 0 Å². The number of guanidine groups is 1. The van der Waals surface area contributed by atoms with Gasteiger partial charge >= 0.3 is 0 Å². The Morgan fingerprint density at radius 3 is 2.93 bits per heavy atom. The predicted octanol–water partition coefficient (Wildman–Crippen LogP) is 2.80. The average molecular weight is 420 g/mol. The van der Waals surface area contributed by atoms with E-state index in [-0.39, 0.29) is 6.10 Å². The molecule has 0 spiro atoms. The number of ether oxygens (including phenoxy) is 4. The smallest absolute Gasteiger partial charge is 0.191 e. The average Bonchev–Trinajstić information content (AvgIpc) is 3.44. The Hall–Kier alpha value is -1.83. The largest absolute Gasteiger partial charge is 0.488 e. The molecule has 0 bridgehead atoms. The van der Waals surface area contributed by atoms with Crippen LogP contribution in [0.4, 0.5) is 0 Å². The van der Waals surface area contributed by atoms with Crippen molar-refractivity contribution in [2.24, 2.45) is 4.99 Å². The van der Waals surface area contributed by atoms with E-state index >= 15 is 0 Å². The van der Waals surface area contributed by atoms with E-state index < -0.39 is 0 Å². The maximum atomic E-state index is 6.19. The molecule has 3 rings (SSSR count). The Bertz CT molecular complexity index is 656. The maximum absolute atomic E-state index is 6.19. The molecule has 0 radical (unpaired) electrons. The molecule has 2 saturated heterocycles. The molecule has 0 saturated carbocycles. The molecule has 168 valence electrons. The van der Waals surface area contributed by atoms with Gasteiger partial charge in [0.25, 0.3) is 0 Å². The molecule has 0 aliphatic carbocycles. The third kappa shape index (κ3) is 7.78. The van der Waals surface area contributed by atoms with Crippen LogP contribution in [-0.4, -0.2) is 64.3 Å². The molecule has 2 aliphatic heterocycles. The first-order chi connectivity index (χ1) is 14.7. The molecular weight excluding hydrogens is 382 g/mol. The number of benzene rings is 1. The maximum Gasteiger partial charge on any atom is 0.191 e. The molecule has 0 amide bonds. The van der Waals surface area contributed by atoms with E-state index in [1.165, 1.54) is 5.56 Å². The highest BCUT2D eigenvalue weighted by atomic mass is 16.5. The van der Waals surface area contributed by atoms with Gasteiger partial charge in [-0.25, -0.2) is 4.99 Å². The third-order valence-electron chi connectivity index (χ3n) is 5.24. The van der Waals surface area contributed by atoms with Gasteiger partial charge in [-0.3, -0.25) is 0 Å². The van der Waals surface area contributed by atoms with Crippen molar-refractivity contribution in [1.29, 1.82) is 0 Å². The molecule has 2 heterocycles. The normalized spacial score (nSPS) is 21.7. The Morgan fingerprint density at radius 1 is 1.23 bits per heavy atom. The van der Waals surface area contributed by atoms with Crippen molar-refractivity contribution in [2.45, 2.75) is 58.3 Å². The van der Waals surface area contributed by atoms with E-state index in [2.05, 4.69) is 42.7 Å². The van der Waals surface area contributed by atoms with Crippen LogP contribution in [-0.2, 0) is 20.8 Å². The highest BCUT2D eigenvalue weighted by Crippen LogP contribution is 2.24. The van der Waals surface area contributed by atoms with E-state index in [0.717, 1.165) is 75.9 Å². The Balaban J connectivity index is 1.45. The molecule has 2 aliphatic rings. The minimum Gasteiger partial charge on any atom is -0.488 e. The number of aliphatic imine (C=N–C) groups is 1. The first-order valence-corrected chi connectivity index (χ1v) is 11.3. The lowest BCUT2D eigenvalue weighted by molar-refractivity contribution is 0.0168. The zero-order chi connectivity index (χ0) is 21.0. The SMILES string of the molecule is CCNC(=NCc1ccc(C)cc1OC1CCOC1)NCCCOCC1CCCO1. The van der Waals surface area contributed by atoms with Crippen LogP contribution >= 0.6 is 0 Å². The van der Waals surface area contributed by atoms with Crippen LogP contribution in [0.3, 0.4) is 0 Å². The molecule has 30 heavy (non-hydrogen) atoms. The van der Waals surface area contributed by atoms with Gasteiger partial charge in [0.05, 0.1) is 32.5 Å². The summed E-state index contributed by atoms with van der Waals surface area (Å²) in [6, 6.07) is 6.30. The zero-order valence-electron chi connectivity index (χ0n) is 18.5. The highest BCUT2D eigenvalue weighted by molar-refractivity contribution is 5.79. The predicted molar refractivity (Wildman–Crippen MR) is 118 cm³/mol. The molecule has 7 heteroatoms. The summed E-state index contributed by atoms with van der Waals surface area (Å²) >= 11 is 0. The number of hydrogen-bond acceptors (Lipinski definition) is 5. The van der Waals surface area contributed by atoms with Crippen LogP contribution in [0, 0.1) is 6.92 Å². The summed E-state index contributed by atoms with van der Waals surface area (Å²) in [7, 11) is 0. The van der Waals surface area contributed by atoms with Gasteiger partial charge in [-0.15, -0.1) is 0 Å². The van der Waals surface area contributed by atoms with Gasteiger partial charge in [0.15, 0.2) is 5.96 Å². The van der Waals surface area contributed by atoms with Crippen molar-refractivity contribution in [3.63, 3.8) is 0 Å². The van der Waals surface area contributed by atoms with Gasteiger partial charge in [-0.1, -0.05) is 12.1 Å². The molecule has 2 atom stereocenters. The molecule has 1 aromatic rings. The Kier molecular flexibility index (Phi) is 9.73. The Morgan fingerprint density at radius 2 is 2.17 bits per heavy atom. The van der Waals surface area contributed by atoms with Gasteiger partial charge in [0.2, 0.25) is 0 Å². The van der Waals surface area contributed by atoms with Gasteiger partial charge in [0.1, 0.15) is 11.9 Å². The first kappa shape index (κ1) is 22.8. The first-order valence-electron chi connectivity index (χ1n) is 11.3. The van der Waals surface area contributed by atoms with E-state index in [1.807, 2.05) is 0 Å². The second kappa shape index (κ2) is 12.8. The molecule has 1 aromatic carbocycles. The van der Waals surface area contributed by atoms with Crippen molar-refractivity contribution in [2.75, 3.05) is 46.1 Å². The number of hydrogen-bond donors (Lipinski definition) is 2. The fourth-order valence-electron chi connectivity index (χ4n) is 3.57. The lowest BCUT2D eigenvalue weighted by Crippen LogP contribution is -2.38. The summed E-state index contributed by atoms with van der Waals surface area (Å²) in [5, 5.41) is 6.70. The van der Waals surface area contributed by atoms with Crippen molar-refractivity contribution in [3.05, 3.63) is 29.3 Å². The second-order valence-corrected chi connectivity index (χ2v) is 7.90. The summed E-state index contributed by atoms with van der Waals surface area (Å²) in [5.41, 5.74) is 2.27. The molecule has 2 N–H and O–H groups in total. The van der Waals surface area contributed by atoms with Crippen LogP contribution in [0.25, 0.3) is 0 Å². The van der Waals surface area contributed by atoms with Crippen LogP contribution in [0.15, 0.2) is 23.2 Å².